The molecule has 0 aliphatic rings. The van der Waals surface area contributed by atoms with Crippen LogP contribution in [0, 0.1) is 0 Å². The van der Waals surface area contributed by atoms with Gasteiger partial charge in [-0.1, -0.05) is 0 Å². The smallest absolute Gasteiger partial charge is 0.0696 e. The highest BCUT2D eigenvalue weighted by Gasteiger charge is 2.09. The lowest BCUT2D eigenvalue weighted by Crippen LogP contribution is -1.81. The van der Waals surface area contributed by atoms with E-state index in [1.807, 2.05) is 11.4 Å². The minimum absolute atomic E-state index is 0.0887. The van der Waals surface area contributed by atoms with Crippen molar-refractivity contribution < 1.29 is 5.11 Å². The van der Waals surface area contributed by atoms with Gasteiger partial charge in [0.05, 0.1) is 6.61 Å². The van der Waals surface area contributed by atoms with Crippen LogP contribution in [0.15, 0.2) is 27.3 Å². The third-order valence-corrected chi connectivity index (χ3v) is 4.47. The number of aliphatic hydroxyl groups excluding tert-OH is 1. The van der Waals surface area contributed by atoms with E-state index in [0.29, 0.717) is 0 Å². The van der Waals surface area contributed by atoms with E-state index in [9.17, 15) is 5.11 Å². The number of thioether (sulfide) groups is 1. The topological polar surface area (TPSA) is 20.2 Å². The lowest BCUT2D eigenvalue weighted by molar-refractivity contribution is 0.283. The summed E-state index contributed by atoms with van der Waals surface area (Å²) in [7, 11) is 0. The number of rotatable bonds is 2. The van der Waals surface area contributed by atoms with E-state index in [1.54, 1.807) is 23.1 Å². The van der Waals surface area contributed by atoms with Crippen LogP contribution in [-0.2, 0) is 6.61 Å². The third-order valence-electron chi connectivity index (χ3n) is 2.13. The predicted octanol–water partition coefficient (Wildman–Crippen LogP) is 3.40. The first-order valence-corrected chi connectivity index (χ1v) is 6.70. The van der Waals surface area contributed by atoms with Crippen LogP contribution in [0.3, 0.4) is 0 Å². The molecule has 1 aromatic carbocycles. The van der Waals surface area contributed by atoms with Crippen LogP contribution in [0.1, 0.15) is 5.56 Å². The molecule has 14 heavy (non-hydrogen) atoms. The fourth-order valence-corrected chi connectivity index (χ4v) is 3.73. The Morgan fingerprint density at radius 3 is 2.93 bits per heavy atom. The summed E-state index contributed by atoms with van der Waals surface area (Å²) in [5.41, 5.74) is 0.978. The van der Waals surface area contributed by atoms with Gasteiger partial charge in [-0.25, -0.2) is 0 Å². The quantitative estimate of drug-likeness (QED) is 0.622. The second-order valence-electron chi connectivity index (χ2n) is 2.91. The molecule has 0 saturated carbocycles. The maximum absolute atomic E-state index is 9.18. The molecule has 0 unspecified atom stereocenters. The molecule has 0 aliphatic heterocycles. The molecular formula is C10H10OS3. The van der Waals surface area contributed by atoms with Crippen LogP contribution in [0.25, 0.3) is 10.1 Å². The van der Waals surface area contributed by atoms with E-state index in [0.717, 1.165) is 15.8 Å². The summed E-state index contributed by atoms with van der Waals surface area (Å²) in [6.45, 7) is 0.0887. The average Bonchev–Trinajstić information content (AvgIpc) is 2.63. The summed E-state index contributed by atoms with van der Waals surface area (Å²) in [5, 5.41) is 12.3. The number of thiophene rings is 1. The summed E-state index contributed by atoms with van der Waals surface area (Å²) in [6, 6.07) is 4.07. The van der Waals surface area contributed by atoms with E-state index in [1.165, 1.54) is 9.60 Å². The van der Waals surface area contributed by atoms with Crippen molar-refractivity contribution in [1.29, 1.82) is 0 Å². The molecule has 2 rings (SSSR count). The number of benzene rings is 1. The monoisotopic (exact) mass is 242 g/mol. The van der Waals surface area contributed by atoms with Crippen LogP contribution in [-0.4, -0.2) is 11.4 Å². The van der Waals surface area contributed by atoms with Crippen molar-refractivity contribution in [1.82, 2.24) is 0 Å². The number of thiol groups is 1. The van der Waals surface area contributed by atoms with E-state index in [4.69, 9.17) is 0 Å². The zero-order valence-electron chi connectivity index (χ0n) is 7.65. The van der Waals surface area contributed by atoms with Crippen LogP contribution in [0.2, 0.25) is 0 Å². The van der Waals surface area contributed by atoms with Gasteiger partial charge in [-0.05, 0) is 29.3 Å². The van der Waals surface area contributed by atoms with Gasteiger partial charge in [0, 0.05) is 19.9 Å². The molecular weight excluding hydrogens is 232 g/mol. The number of fused-ring (bicyclic) bond motifs is 1. The van der Waals surface area contributed by atoms with Crippen molar-refractivity contribution in [3.63, 3.8) is 0 Å². The lowest BCUT2D eigenvalue weighted by Gasteiger charge is -2.02. The molecule has 0 amide bonds. The fourth-order valence-electron chi connectivity index (χ4n) is 1.45. The first kappa shape index (κ1) is 10.4. The van der Waals surface area contributed by atoms with Crippen LogP contribution in [0.5, 0.6) is 0 Å². The van der Waals surface area contributed by atoms with Crippen molar-refractivity contribution in [3.05, 3.63) is 23.1 Å². The Morgan fingerprint density at radius 1 is 1.50 bits per heavy atom. The molecule has 1 nitrogen and oxygen atoms in total. The van der Waals surface area contributed by atoms with Gasteiger partial charge >= 0.3 is 0 Å². The fraction of sp³-hybridized carbons (Fsp3) is 0.200. The normalized spacial score (nSPS) is 11.1. The van der Waals surface area contributed by atoms with Crippen LogP contribution >= 0.6 is 35.7 Å². The lowest BCUT2D eigenvalue weighted by atomic mass is 10.2. The van der Waals surface area contributed by atoms with Crippen LogP contribution < -0.4 is 0 Å². The van der Waals surface area contributed by atoms with Gasteiger partial charge in [0.2, 0.25) is 0 Å². The van der Waals surface area contributed by atoms with Crippen molar-refractivity contribution in [2.24, 2.45) is 0 Å². The van der Waals surface area contributed by atoms with Crippen molar-refractivity contribution in [2.45, 2.75) is 16.4 Å². The molecule has 4 heteroatoms. The second-order valence-corrected chi connectivity index (χ2v) is 5.12. The Labute approximate surface area is 96.6 Å². The third kappa shape index (κ3) is 1.56. The molecule has 1 heterocycles. The largest absolute Gasteiger partial charge is 0.392 e. The second kappa shape index (κ2) is 4.14. The van der Waals surface area contributed by atoms with Gasteiger partial charge in [0.25, 0.3) is 0 Å². The molecule has 0 saturated heterocycles. The van der Waals surface area contributed by atoms with Crippen molar-refractivity contribution in [2.75, 3.05) is 6.26 Å². The zero-order valence-corrected chi connectivity index (χ0v) is 10.2. The minimum Gasteiger partial charge on any atom is -0.392 e. The highest BCUT2D eigenvalue weighted by molar-refractivity contribution is 7.99. The van der Waals surface area contributed by atoms with E-state index in [2.05, 4.69) is 25.0 Å². The highest BCUT2D eigenvalue weighted by Crippen LogP contribution is 2.37. The number of aliphatic hydroxyl groups is 1. The predicted molar refractivity (Wildman–Crippen MR) is 66.8 cm³/mol. The van der Waals surface area contributed by atoms with Crippen molar-refractivity contribution >= 4 is 45.8 Å². The van der Waals surface area contributed by atoms with Crippen LogP contribution in [0.4, 0.5) is 0 Å². The Balaban J connectivity index is 2.80. The first-order chi connectivity index (χ1) is 6.77. The summed E-state index contributed by atoms with van der Waals surface area (Å²) in [4.78, 5) is 2.20. The molecule has 1 N–H and O–H groups in total. The summed E-state index contributed by atoms with van der Waals surface area (Å²) in [6.07, 6.45) is 2.06. The molecule has 74 valence electrons. The van der Waals surface area contributed by atoms with Gasteiger partial charge in [0.15, 0.2) is 0 Å². The zero-order chi connectivity index (χ0) is 10.1. The Hall–Kier alpha value is -0.160. The highest BCUT2D eigenvalue weighted by atomic mass is 32.2. The molecule has 0 fully saturated rings. The summed E-state index contributed by atoms with van der Waals surface area (Å²) >= 11 is 7.81. The van der Waals surface area contributed by atoms with Crippen molar-refractivity contribution in [3.8, 4) is 0 Å². The minimum atomic E-state index is 0.0887. The molecule has 0 atom stereocenters. The molecule has 0 aliphatic carbocycles. The maximum Gasteiger partial charge on any atom is 0.0696 e. The van der Waals surface area contributed by atoms with E-state index in [-0.39, 0.29) is 6.61 Å². The van der Waals surface area contributed by atoms with Gasteiger partial charge < -0.3 is 5.11 Å². The number of hydrogen-bond donors (Lipinski definition) is 2. The summed E-state index contributed by atoms with van der Waals surface area (Å²) in [5.74, 6) is 0. The Morgan fingerprint density at radius 2 is 2.29 bits per heavy atom. The Bertz CT molecular complexity index is 462. The standard InChI is InChI=1S/C10H10OS3/c1-13-8-3-2-7(12)9-6(4-11)5-14-10(8)9/h2-3,5,11-12H,4H2,1H3. The van der Waals surface area contributed by atoms with Gasteiger partial charge in [-0.2, -0.15) is 0 Å². The van der Waals surface area contributed by atoms with E-state index >= 15 is 0 Å². The summed E-state index contributed by atoms with van der Waals surface area (Å²) < 4.78 is 1.23. The SMILES string of the molecule is CSc1ccc(S)c2c(CO)csc12. The Kier molecular flexibility index (Phi) is 3.07. The van der Waals surface area contributed by atoms with E-state index < -0.39 is 0 Å². The van der Waals surface area contributed by atoms with Gasteiger partial charge in [-0.3, -0.25) is 0 Å². The molecule has 0 radical (unpaired) electrons. The molecule has 2 aromatic rings. The molecule has 0 bridgehead atoms. The molecule has 0 spiro atoms. The first-order valence-electron chi connectivity index (χ1n) is 4.14. The van der Waals surface area contributed by atoms with Gasteiger partial charge in [-0.15, -0.1) is 35.7 Å². The number of hydrogen-bond acceptors (Lipinski definition) is 4. The average molecular weight is 242 g/mol. The maximum atomic E-state index is 9.18. The van der Waals surface area contributed by atoms with Gasteiger partial charge in [0.1, 0.15) is 0 Å². The molecule has 1 aromatic heterocycles.